The minimum absolute atomic E-state index is 1.32. The van der Waals surface area contributed by atoms with Gasteiger partial charge >= 0.3 is 0 Å². The molecule has 0 unspecified atom stereocenters. The maximum absolute atomic E-state index is 8.67. The van der Waals surface area contributed by atoms with E-state index in [1.54, 1.807) is 0 Å². The molecule has 18 heavy (non-hydrogen) atoms. The van der Waals surface area contributed by atoms with Crippen LogP contribution in [0, 0.1) is 0 Å². The topological polar surface area (TPSA) is 66.2 Å². The molecule has 0 bridgehead atoms. The SMILES string of the molecule is CCCC[N+](C)(CCCC)CCCC.NC(=O)[O-]. The number of nitrogens with two attached hydrogens (primary N) is 1. The summed E-state index contributed by atoms with van der Waals surface area (Å²) < 4.78 is 1.32. The standard InChI is InChI=1S/C13H30N.CH3NO2/c1-5-8-11-14(4,12-9-6-2)13-10-7-3;2-1(3)4/h5-13H2,1-4H3;2H2,(H,3,4)/q+1;/p-1. The van der Waals surface area contributed by atoms with Gasteiger partial charge in [-0.15, -0.1) is 0 Å². The lowest BCUT2D eigenvalue weighted by Crippen LogP contribution is -2.46. The zero-order chi connectivity index (χ0) is 14.4. The van der Waals surface area contributed by atoms with Gasteiger partial charge in [0.05, 0.1) is 26.7 Å². The second kappa shape index (κ2) is 12.7. The van der Waals surface area contributed by atoms with E-state index in [2.05, 4.69) is 33.6 Å². The number of quaternary nitrogens is 1. The first-order valence-electron chi connectivity index (χ1n) is 7.21. The van der Waals surface area contributed by atoms with Crippen LogP contribution in [0.4, 0.5) is 4.79 Å². The van der Waals surface area contributed by atoms with Gasteiger partial charge in [-0.2, -0.15) is 0 Å². The largest absolute Gasteiger partial charge is 0.530 e. The molecular formula is C14H32N2O2. The van der Waals surface area contributed by atoms with Gasteiger partial charge in [-0.1, -0.05) is 40.0 Å². The van der Waals surface area contributed by atoms with Crippen molar-refractivity contribution in [2.45, 2.75) is 59.3 Å². The molecule has 0 heterocycles. The lowest BCUT2D eigenvalue weighted by molar-refractivity contribution is -0.910. The van der Waals surface area contributed by atoms with Crippen LogP contribution in [0.3, 0.4) is 0 Å². The number of carboxylic acid groups (broad SMARTS) is 1. The van der Waals surface area contributed by atoms with Gasteiger partial charge in [0.2, 0.25) is 0 Å². The average Bonchev–Trinajstić information content (AvgIpc) is 2.31. The molecule has 4 nitrogen and oxygen atoms in total. The van der Waals surface area contributed by atoms with E-state index >= 15 is 0 Å². The Kier molecular flexibility index (Phi) is 13.8. The van der Waals surface area contributed by atoms with Crippen molar-refractivity contribution in [2.24, 2.45) is 5.73 Å². The minimum Gasteiger partial charge on any atom is -0.530 e. The second-order valence-corrected chi connectivity index (χ2v) is 5.17. The Balaban J connectivity index is 0. The quantitative estimate of drug-likeness (QED) is 0.645. The van der Waals surface area contributed by atoms with Crippen LogP contribution < -0.4 is 10.8 Å². The van der Waals surface area contributed by atoms with Crippen molar-refractivity contribution in [3.8, 4) is 0 Å². The second-order valence-electron chi connectivity index (χ2n) is 5.17. The van der Waals surface area contributed by atoms with E-state index < -0.39 is 6.09 Å². The normalized spacial score (nSPS) is 10.7. The minimum atomic E-state index is -1.58. The zero-order valence-electron chi connectivity index (χ0n) is 12.7. The molecule has 0 aromatic heterocycles. The average molecular weight is 260 g/mol. The lowest BCUT2D eigenvalue weighted by atomic mass is 10.2. The number of hydrogen-bond acceptors (Lipinski definition) is 2. The van der Waals surface area contributed by atoms with E-state index in [0.717, 1.165) is 0 Å². The molecule has 1 amide bonds. The summed E-state index contributed by atoms with van der Waals surface area (Å²) in [5.41, 5.74) is 3.92. The number of hydrogen-bond donors (Lipinski definition) is 1. The van der Waals surface area contributed by atoms with Crippen LogP contribution >= 0.6 is 0 Å². The smallest absolute Gasteiger partial charge is 0.131 e. The van der Waals surface area contributed by atoms with Crippen molar-refractivity contribution >= 4 is 6.09 Å². The van der Waals surface area contributed by atoms with Gasteiger partial charge in [0.1, 0.15) is 6.09 Å². The molecule has 0 radical (unpaired) electrons. The monoisotopic (exact) mass is 260 g/mol. The van der Waals surface area contributed by atoms with Crippen molar-refractivity contribution in [2.75, 3.05) is 26.7 Å². The first-order chi connectivity index (χ1) is 8.41. The fourth-order valence-electron chi connectivity index (χ4n) is 1.95. The molecule has 0 aromatic carbocycles. The summed E-state index contributed by atoms with van der Waals surface area (Å²) in [5, 5.41) is 8.67. The van der Waals surface area contributed by atoms with E-state index in [-0.39, 0.29) is 0 Å². The number of primary amides is 1. The van der Waals surface area contributed by atoms with E-state index in [0.29, 0.717) is 0 Å². The number of rotatable bonds is 9. The maximum atomic E-state index is 8.67. The van der Waals surface area contributed by atoms with E-state index in [4.69, 9.17) is 9.90 Å². The molecule has 0 atom stereocenters. The predicted octanol–water partition coefficient (Wildman–Crippen LogP) is 2.12. The summed E-state index contributed by atoms with van der Waals surface area (Å²) in [4.78, 5) is 8.67. The highest BCUT2D eigenvalue weighted by atomic mass is 16.4. The number of carbonyl (C=O) groups excluding carboxylic acids is 1. The summed E-state index contributed by atoms with van der Waals surface area (Å²) >= 11 is 0. The first-order valence-corrected chi connectivity index (χ1v) is 7.21. The summed E-state index contributed by atoms with van der Waals surface area (Å²) in [5.74, 6) is 0. The van der Waals surface area contributed by atoms with Crippen LogP contribution in [-0.4, -0.2) is 37.3 Å². The van der Waals surface area contributed by atoms with Gasteiger partial charge in [-0.05, 0) is 19.3 Å². The molecule has 4 heteroatoms. The van der Waals surface area contributed by atoms with Crippen molar-refractivity contribution in [1.82, 2.24) is 0 Å². The number of unbranched alkanes of at least 4 members (excludes halogenated alkanes) is 3. The van der Waals surface area contributed by atoms with Gasteiger partial charge in [-0.3, -0.25) is 0 Å². The third-order valence-corrected chi connectivity index (χ3v) is 3.15. The molecule has 0 saturated carbocycles. The van der Waals surface area contributed by atoms with Crippen LogP contribution in [0.25, 0.3) is 0 Å². The molecule has 0 saturated heterocycles. The maximum Gasteiger partial charge on any atom is 0.131 e. The highest BCUT2D eigenvalue weighted by Crippen LogP contribution is 2.10. The van der Waals surface area contributed by atoms with Crippen LogP contribution in [0.15, 0.2) is 0 Å². The van der Waals surface area contributed by atoms with Crippen molar-refractivity contribution < 1.29 is 14.4 Å². The Bertz CT molecular complexity index is 170. The Morgan fingerprint density at radius 1 is 0.944 bits per heavy atom. The highest BCUT2D eigenvalue weighted by Gasteiger charge is 2.18. The Morgan fingerprint density at radius 2 is 1.17 bits per heavy atom. The van der Waals surface area contributed by atoms with Crippen molar-refractivity contribution in [3.05, 3.63) is 0 Å². The molecule has 2 N–H and O–H groups in total. The molecule has 0 rings (SSSR count). The fourth-order valence-corrected chi connectivity index (χ4v) is 1.95. The Labute approximate surface area is 113 Å². The van der Waals surface area contributed by atoms with Crippen molar-refractivity contribution in [1.29, 1.82) is 0 Å². The summed E-state index contributed by atoms with van der Waals surface area (Å²) in [6, 6.07) is 0. The fraction of sp³-hybridized carbons (Fsp3) is 0.929. The van der Waals surface area contributed by atoms with Crippen LogP contribution in [0.2, 0.25) is 0 Å². The van der Waals surface area contributed by atoms with E-state index in [9.17, 15) is 0 Å². The molecule has 110 valence electrons. The molecule has 0 aliphatic heterocycles. The first kappa shape index (κ1) is 19.6. The third kappa shape index (κ3) is 15.2. The van der Waals surface area contributed by atoms with E-state index in [1.165, 1.54) is 62.6 Å². The molecule has 0 spiro atoms. The molecule has 0 fully saturated rings. The summed E-state index contributed by atoms with van der Waals surface area (Å²) in [6.07, 6.45) is 6.61. The predicted molar refractivity (Wildman–Crippen MR) is 75.1 cm³/mol. The van der Waals surface area contributed by atoms with Gasteiger partial charge < -0.3 is 20.1 Å². The van der Waals surface area contributed by atoms with Crippen LogP contribution in [-0.2, 0) is 0 Å². The Morgan fingerprint density at radius 3 is 1.33 bits per heavy atom. The zero-order valence-corrected chi connectivity index (χ0v) is 12.7. The summed E-state index contributed by atoms with van der Waals surface area (Å²) in [6.45, 7) is 11.0. The molecular weight excluding hydrogens is 228 g/mol. The van der Waals surface area contributed by atoms with Crippen molar-refractivity contribution in [3.63, 3.8) is 0 Å². The Hall–Kier alpha value is -0.770. The molecule has 0 aromatic rings. The third-order valence-electron chi connectivity index (χ3n) is 3.15. The highest BCUT2D eigenvalue weighted by molar-refractivity contribution is 5.58. The van der Waals surface area contributed by atoms with E-state index in [1.807, 2.05) is 0 Å². The van der Waals surface area contributed by atoms with Gasteiger partial charge in [0.25, 0.3) is 0 Å². The van der Waals surface area contributed by atoms with Gasteiger partial charge in [0, 0.05) is 0 Å². The molecule has 0 aliphatic rings. The molecule has 0 aliphatic carbocycles. The number of nitrogens with zero attached hydrogens (tertiary/aromatic N) is 1. The lowest BCUT2D eigenvalue weighted by Gasteiger charge is -2.34. The van der Waals surface area contributed by atoms with Crippen LogP contribution in [0.1, 0.15) is 59.3 Å². The van der Waals surface area contributed by atoms with Gasteiger partial charge in [-0.25, -0.2) is 0 Å². The van der Waals surface area contributed by atoms with Crippen LogP contribution in [0.5, 0.6) is 0 Å². The van der Waals surface area contributed by atoms with Gasteiger partial charge in [0.15, 0.2) is 0 Å². The summed E-state index contributed by atoms with van der Waals surface area (Å²) in [7, 11) is 2.45. The number of amides is 1. The number of carbonyl (C=O) groups is 1.